The highest BCUT2D eigenvalue weighted by Gasteiger charge is 2.33. The van der Waals surface area contributed by atoms with Gasteiger partial charge in [-0.25, -0.2) is 0 Å². The molecule has 0 spiro atoms. The highest BCUT2D eigenvalue weighted by atomic mass is 79.9. The monoisotopic (exact) mass is 376 g/mol. The van der Waals surface area contributed by atoms with Crippen molar-refractivity contribution >= 4 is 39.9 Å². The zero-order chi connectivity index (χ0) is 14.6. The minimum absolute atomic E-state index is 0. The third kappa shape index (κ3) is 4.93. The van der Waals surface area contributed by atoms with Crippen molar-refractivity contribution in [3.05, 3.63) is 28.2 Å². The van der Waals surface area contributed by atoms with E-state index >= 15 is 0 Å². The van der Waals surface area contributed by atoms with E-state index in [1.54, 1.807) is 0 Å². The van der Waals surface area contributed by atoms with Gasteiger partial charge in [0.2, 0.25) is 0 Å². The van der Waals surface area contributed by atoms with Crippen LogP contribution in [0.2, 0.25) is 0 Å². The van der Waals surface area contributed by atoms with Crippen LogP contribution in [0.25, 0.3) is 0 Å². The fourth-order valence-electron chi connectivity index (χ4n) is 1.35. The van der Waals surface area contributed by atoms with Gasteiger partial charge in [-0.3, -0.25) is 4.79 Å². The number of rotatable bonds is 4. The molecule has 1 aromatic carbocycles. The summed E-state index contributed by atoms with van der Waals surface area (Å²) in [7, 11) is 1.29. The topological polar surface area (TPSA) is 64.3 Å². The van der Waals surface area contributed by atoms with E-state index in [-0.39, 0.29) is 29.1 Å². The highest BCUT2D eigenvalue weighted by molar-refractivity contribution is 9.10. The summed E-state index contributed by atoms with van der Waals surface area (Å²) in [5.41, 5.74) is 4.44. The third-order valence-electron chi connectivity index (χ3n) is 2.33. The van der Waals surface area contributed by atoms with E-state index in [1.165, 1.54) is 19.2 Å². The van der Waals surface area contributed by atoms with E-state index in [9.17, 15) is 18.0 Å². The molecule has 1 unspecified atom stereocenters. The summed E-state index contributed by atoms with van der Waals surface area (Å²) >= 11 is 2.81. The molecule has 1 aromatic rings. The summed E-state index contributed by atoms with van der Waals surface area (Å²) in [5.74, 6) is -0.597. The van der Waals surface area contributed by atoms with Crippen molar-refractivity contribution in [2.45, 2.75) is 12.3 Å². The zero-order valence-corrected chi connectivity index (χ0v) is 12.7. The number of ether oxygens (including phenoxy) is 1. The second kappa shape index (κ2) is 7.82. The Morgan fingerprint density at radius 2 is 2.10 bits per heavy atom. The molecule has 0 aliphatic rings. The fourth-order valence-corrected chi connectivity index (χ4v) is 1.82. The molecular weight excluding hydrogens is 364 g/mol. The molecule has 1 rings (SSSR count). The first kappa shape index (κ1) is 19.2. The van der Waals surface area contributed by atoms with Crippen LogP contribution in [0.1, 0.15) is 5.56 Å². The molecule has 114 valence electrons. The normalized spacial score (nSPS) is 12.5. The van der Waals surface area contributed by atoms with Crippen molar-refractivity contribution in [2.24, 2.45) is 5.73 Å². The number of nitrogens with two attached hydrogens (primary N) is 1. The maximum absolute atomic E-state index is 12.7. The Morgan fingerprint density at radius 3 is 2.55 bits per heavy atom. The van der Waals surface area contributed by atoms with Gasteiger partial charge < -0.3 is 15.8 Å². The van der Waals surface area contributed by atoms with E-state index in [0.29, 0.717) is 0 Å². The summed E-state index contributed by atoms with van der Waals surface area (Å²) in [4.78, 5) is 11.6. The molecule has 0 radical (unpaired) electrons. The van der Waals surface area contributed by atoms with Crippen molar-refractivity contribution < 1.29 is 22.7 Å². The SMILES string of the molecule is COC(CN)C(=O)Nc1ccc(Br)c(C(F)(F)F)c1.Cl. The molecule has 9 heteroatoms. The summed E-state index contributed by atoms with van der Waals surface area (Å²) in [5, 5.41) is 2.32. The van der Waals surface area contributed by atoms with E-state index < -0.39 is 23.8 Å². The molecule has 0 fully saturated rings. The number of halogens is 5. The Labute approximate surface area is 128 Å². The molecule has 0 saturated carbocycles. The number of nitrogens with one attached hydrogen (secondary N) is 1. The van der Waals surface area contributed by atoms with Gasteiger partial charge in [0, 0.05) is 23.8 Å². The molecule has 0 bridgehead atoms. The molecule has 20 heavy (non-hydrogen) atoms. The van der Waals surface area contributed by atoms with Crippen molar-refractivity contribution in [3.8, 4) is 0 Å². The first-order valence-electron chi connectivity index (χ1n) is 5.20. The molecule has 0 aromatic heterocycles. The first-order chi connectivity index (χ1) is 8.79. The Morgan fingerprint density at radius 1 is 1.50 bits per heavy atom. The lowest BCUT2D eigenvalue weighted by atomic mass is 10.2. The van der Waals surface area contributed by atoms with Crippen molar-refractivity contribution in [1.82, 2.24) is 0 Å². The van der Waals surface area contributed by atoms with Gasteiger partial charge in [-0.1, -0.05) is 15.9 Å². The Kier molecular flexibility index (Phi) is 7.50. The van der Waals surface area contributed by atoms with Crippen LogP contribution in [0.4, 0.5) is 18.9 Å². The van der Waals surface area contributed by atoms with Crippen LogP contribution in [-0.2, 0) is 15.7 Å². The van der Waals surface area contributed by atoms with Gasteiger partial charge in [-0.15, -0.1) is 12.4 Å². The molecule has 0 aliphatic carbocycles. The lowest BCUT2D eigenvalue weighted by Crippen LogP contribution is -2.35. The number of hydrogen-bond acceptors (Lipinski definition) is 3. The lowest BCUT2D eigenvalue weighted by Gasteiger charge is -2.15. The van der Waals surface area contributed by atoms with Gasteiger partial charge in [0.1, 0.15) is 6.10 Å². The van der Waals surface area contributed by atoms with Gasteiger partial charge in [0.15, 0.2) is 0 Å². The van der Waals surface area contributed by atoms with Crippen molar-refractivity contribution in [3.63, 3.8) is 0 Å². The number of carbonyl (C=O) groups excluding carboxylic acids is 1. The maximum atomic E-state index is 12.7. The number of benzene rings is 1. The number of carbonyl (C=O) groups is 1. The average molecular weight is 378 g/mol. The van der Waals surface area contributed by atoms with Crippen LogP contribution in [0.5, 0.6) is 0 Å². The van der Waals surface area contributed by atoms with E-state index in [4.69, 9.17) is 10.5 Å². The predicted molar refractivity (Wildman–Crippen MR) is 74.9 cm³/mol. The number of anilines is 1. The van der Waals surface area contributed by atoms with Crippen LogP contribution in [-0.4, -0.2) is 25.7 Å². The molecular formula is C11H13BrClF3N2O2. The minimum atomic E-state index is -4.51. The fraction of sp³-hybridized carbons (Fsp3) is 0.364. The van der Waals surface area contributed by atoms with E-state index in [0.717, 1.165) is 6.07 Å². The number of alkyl halides is 3. The van der Waals surface area contributed by atoms with Gasteiger partial charge in [0.25, 0.3) is 5.91 Å². The Balaban J connectivity index is 0.00000361. The largest absolute Gasteiger partial charge is 0.417 e. The first-order valence-corrected chi connectivity index (χ1v) is 5.99. The number of hydrogen-bond donors (Lipinski definition) is 2. The summed E-state index contributed by atoms with van der Waals surface area (Å²) < 4.78 is 42.7. The smallest absolute Gasteiger partial charge is 0.370 e. The summed E-state index contributed by atoms with van der Waals surface area (Å²) in [6.07, 6.45) is -5.41. The van der Waals surface area contributed by atoms with Crippen LogP contribution < -0.4 is 11.1 Å². The van der Waals surface area contributed by atoms with Crippen LogP contribution in [0, 0.1) is 0 Å². The van der Waals surface area contributed by atoms with Crippen molar-refractivity contribution in [1.29, 1.82) is 0 Å². The minimum Gasteiger partial charge on any atom is -0.370 e. The predicted octanol–water partition coefficient (Wildman–Crippen LogP) is 2.80. The van der Waals surface area contributed by atoms with Gasteiger partial charge >= 0.3 is 6.18 Å². The molecule has 0 heterocycles. The molecule has 3 N–H and O–H groups in total. The number of methoxy groups -OCH3 is 1. The lowest BCUT2D eigenvalue weighted by molar-refractivity contribution is -0.138. The highest BCUT2D eigenvalue weighted by Crippen LogP contribution is 2.36. The quantitative estimate of drug-likeness (QED) is 0.848. The molecule has 4 nitrogen and oxygen atoms in total. The van der Waals surface area contributed by atoms with Crippen LogP contribution in [0.3, 0.4) is 0 Å². The second-order valence-corrected chi connectivity index (χ2v) is 4.50. The van der Waals surface area contributed by atoms with Gasteiger partial charge in [-0.05, 0) is 18.2 Å². The standard InChI is InChI=1S/C11H12BrF3N2O2.ClH/c1-19-9(5-16)10(18)17-6-2-3-8(12)7(4-6)11(13,14)15;/h2-4,9H,5,16H2,1H3,(H,17,18);1H. The molecule has 1 atom stereocenters. The zero-order valence-electron chi connectivity index (χ0n) is 10.3. The molecule has 1 amide bonds. The summed E-state index contributed by atoms with van der Waals surface area (Å²) in [6.45, 7) is -0.0645. The number of amides is 1. The average Bonchev–Trinajstić information content (AvgIpc) is 2.31. The maximum Gasteiger partial charge on any atom is 0.417 e. The Bertz CT molecular complexity index is 467. The summed E-state index contributed by atoms with van der Waals surface area (Å²) in [6, 6.07) is 3.40. The molecule has 0 saturated heterocycles. The van der Waals surface area contributed by atoms with E-state index in [2.05, 4.69) is 21.2 Å². The van der Waals surface area contributed by atoms with Crippen LogP contribution >= 0.6 is 28.3 Å². The third-order valence-corrected chi connectivity index (χ3v) is 3.02. The van der Waals surface area contributed by atoms with Gasteiger partial charge in [0.05, 0.1) is 5.56 Å². The second-order valence-electron chi connectivity index (χ2n) is 3.64. The van der Waals surface area contributed by atoms with Crippen molar-refractivity contribution in [2.75, 3.05) is 19.0 Å². The van der Waals surface area contributed by atoms with E-state index in [1.807, 2.05) is 0 Å². The Hall–Kier alpha value is -0.830. The van der Waals surface area contributed by atoms with Crippen LogP contribution in [0.15, 0.2) is 22.7 Å². The molecule has 0 aliphatic heterocycles. The van der Waals surface area contributed by atoms with Gasteiger partial charge in [-0.2, -0.15) is 13.2 Å².